The van der Waals surface area contributed by atoms with Crippen molar-refractivity contribution in [1.29, 1.82) is 0 Å². The van der Waals surface area contributed by atoms with Crippen LogP contribution in [0.1, 0.15) is 35.0 Å². The highest BCUT2D eigenvalue weighted by molar-refractivity contribution is 6.30. The van der Waals surface area contributed by atoms with E-state index in [-0.39, 0.29) is 18.2 Å². The Hall–Kier alpha value is -2.86. The van der Waals surface area contributed by atoms with Crippen LogP contribution in [0.5, 0.6) is 0 Å². The summed E-state index contributed by atoms with van der Waals surface area (Å²) in [5.74, 6) is -1.04. The van der Waals surface area contributed by atoms with E-state index >= 15 is 0 Å². The third kappa shape index (κ3) is 2.82. The number of rotatable bonds is 3. The minimum absolute atomic E-state index is 0.217. The molecule has 7 heteroatoms. The van der Waals surface area contributed by atoms with Gasteiger partial charge in [0, 0.05) is 22.7 Å². The number of nitrogens with one attached hydrogen (secondary N) is 1. The average molecular weight is 371 g/mol. The molecular weight excluding hydrogens is 356 g/mol. The highest BCUT2D eigenvalue weighted by Crippen LogP contribution is 2.38. The van der Waals surface area contributed by atoms with Gasteiger partial charge in [-0.25, -0.2) is 4.79 Å². The highest BCUT2D eigenvalue weighted by Gasteiger charge is 2.46. The molecule has 0 bridgehead atoms. The van der Waals surface area contributed by atoms with Crippen LogP contribution in [0, 0.1) is 0 Å². The molecule has 2 aromatic rings. The number of halogens is 1. The van der Waals surface area contributed by atoms with E-state index < -0.39 is 18.2 Å². The summed E-state index contributed by atoms with van der Waals surface area (Å²) in [6, 6.07) is 13.0. The van der Waals surface area contributed by atoms with E-state index in [0.717, 1.165) is 0 Å². The number of esters is 1. The summed E-state index contributed by atoms with van der Waals surface area (Å²) in [6.45, 7) is 0. The maximum Gasteiger partial charge on any atom is 0.340 e. The van der Waals surface area contributed by atoms with Gasteiger partial charge in [-0.3, -0.25) is 14.5 Å². The number of anilines is 1. The van der Waals surface area contributed by atoms with E-state index in [2.05, 4.69) is 5.32 Å². The molecule has 2 atom stereocenters. The zero-order valence-corrected chi connectivity index (χ0v) is 14.4. The first-order valence-corrected chi connectivity index (χ1v) is 8.60. The summed E-state index contributed by atoms with van der Waals surface area (Å²) in [6.07, 6.45) is -0.283. The number of carbonyl (C=O) groups is 3. The van der Waals surface area contributed by atoms with Crippen molar-refractivity contribution in [2.45, 2.75) is 25.1 Å². The van der Waals surface area contributed by atoms with Gasteiger partial charge in [-0.1, -0.05) is 35.9 Å². The van der Waals surface area contributed by atoms with Crippen molar-refractivity contribution in [3.63, 3.8) is 0 Å². The normalized spacial score (nSPS) is 21.5. The van der Waals surface area contributed by atoms with E-state index in [4.69, 9.17) is 16.3 Å². The Bertz CT molecular complexity index is 914. The maximum atomic E-state index is 12.7. The van der Waals surface area contributed by atoms with Gasteiger partial charge in [0.15, 0.2) is 0 Å². The lowest BCUT2D eigenvalue weighted by atomic mass is 10.1. The molecule has 4 rings (SSSR count). The lowest BCUT2D eigenvalue weighted by Gasteiger charge is -2.29. The predicted octanol–water partition coefficient (Wildman–Crippen LogP) is 3.14. The van der Waals surface area contributed by atoms with Gasteiger partial charge in [-0.15, -0.1) is 0 Å². The second-order valence-corrected chi connectivity index (χ2v) is 6.64. The van der Waals surface area contributed by atoms with Crippen LogP contribution in [0.4, 0.5) is 5.69 Å². The Labute approximate surface area is 154 Å². The third-order valence-electron chi connectivity index (χ3n) is 4.57. The van der Waals surface area contributed by atoms with Gasteiger partial charge in [-0.2, -0.15) is 0 Å². The molecule has 26 heavy (non-hydrogen) atoms. The van der Waals surface area contributed by atoms with Gasteiger partial charge in [-0.05, 0) is 30.7 Å². The summed E-state index contributed by atoms with van der Waals surface area (Å²) in [4.78, 5) is 38.6. The Kier molecular flexibility index (Phi) is 4.12. The molecule has 2 aliphatic rings. The smallest absolute Gasteiger partial charge is 0.340 e. The van der Waals surface area contributed by atoms with Crippen molar-refractivity contribution in [3.05, 3.63) is 64.7 Å². The first kappa shape index (κ1) is 16.6. The number of cyclic esters (lactones) is 1. The number of benzene rings is 2. The molecule has 1 N–H and O–H groups in total. The Morgan fingerprint density at radius 3 is 2.77 bits per heavy atom. The van der Waals surface area contributed by atoms with Gasteiger partial charge in [0.25, 0.3) is 0 Å². The topological polar surface area (TPSA) is 75.7 Å². The largest absolute Gasteiger partial charge is 0.433 e. The van der Waals surface area contributed by atoms with Crippen molar-refractivity contribution in [2.24, 2.45) is 0 Å². The number of hydrogen-bond acceptors (Lipinski definition) is 4. The molecule has 2 amide bonds. The van der Waals surface area contributed by atoms with Crippen LogP contribution < -0.4 is 5.32 Å². The van der Waals surface area contributed by atoms with Crippen LogP contribution in [-0.4, -0.2) is 28.7 Å². The fourth-order valence-electron chi connectivity index (χ4n) is 3.38. The zero-order chi connectivity index (χ0) is 18.3. The number of ether oxygens (including phenoxy) is 1. The molecule has 2 aliphatic heterocycles. The Morgan fingerprint density at radius 1 is 1.15 bits per heavy atom. The molecule has 0 aliphatic carbocycles. The second-order valence-electron chi connectivity index (χ2n) is 6.20. The molecule has 6 nitrogen and oxygen atoms in total. The summed E-state index contributed by atoms with van der Waals surface area (Å²) >= 11 is 5.94. The Balaban J connectivity index is 1.60. The fourth-order valence-corrected chi connectivity index (χ4v) is 3.57. The van der Waals surface area contributed by atoms with E-state index in [1.54, 1.807) is 48.5 Å². The van der Waals surface area contributed by atoms with Gasteiger partial charge in [0.05, 0.1) is 5.56 Å². The Morgan fingerprint density at radius 2 is 1.96 bits per heavy atom. The minimum atomic E-state index is -0.871. The van der Waals surface area contributed by atoms with E-state index in [1.807, 2.05) is 0 Å². The molecule has 0 saturated carbocycles. The van der Waals surface area contributed by atoms with Gasteiger partial charge < -0.3 is 10.1 Å². The standard InChI is InChI=1S/C19H15ClN2O4/c20-11-4-3-5-12(10-11)21-17(24)15-8-9-16(23)22(15)18-13-6-1-2-7-14(13)19(25)26-18/h1-7,10,15,18H,8-9H2,(H,21,24)/t15-,18-/m1/s1. The van der Waals surface area contributed by atoms with E-state index in [0.29, 0.717) is 28.3 Å². The number of nitrogens with zero attached hydrogens (tertiary/aromatic N) is 1. The van der Waals surface area contributed by atoms with Gasteiger partial charge in [0.1, 0.15) is 6.04 Å². The molecule has 0 unspecified atom stereocenters. The van der Waals surface area contributed by atoms with Crippen LogP contribution in [0.3, 0.4) is 0 Å². The number of likely N-dealkylation sites (tertiary alicyclic amines) is 1. The number of hydrogen-bond donors (Lipinski definition) is 1. The van der Waals surface area contributed by atoms with Gasteiger partial charge >= 0.3 is 5.97 Å². The lowest BCUT2D eigenvalue weighted by Crippen LogP contribution is -2.43. The molecular formula is C19H15ClN2O4. The maximum absolute atomic E-state index is 12.7. The number of carbonyl (C=O) groups excluding carboxylic acids is 3. The molecule has 1 saturated heterocycles. The predicted molar refractivity (Wildman–Crippen MR) is 94.5 cm³/mol. The molecule has 2 heterocycles. The lowest BCUT2D eigenvalue weighted by molar-refractivity contribution is -0.144. The molecule has 132 valence electrons. The monoisotopic (exact) mass is 370 g/mol. The number of fused-ring (bicyclic) bond motifs is 1. The van der Waals surface area contributed by atoms with Crippen LogP contribution >= 0.6 is 11.6 Å². The summed E-state index contributed by atoms with van der Waals surface area (Å²) < 4.78 is 5.40. The summed E-state index contributed by atoms with van der Waals surface area (Å²) in [5, 5.41) is 3.28. The van der Waals surface area contributed by atoms with Crippen molar-refractivity contribution >= 4 is 35.1 Å². The second kappa shape index (κ2) is 6.46. The van der Waals surface area contributed by atoms with Crippen molar-refractivity contribution in [2.75, 3.05) is 5.32 Å². The first-order chi connectivity index (χ1) is 12.5. The van der Waals surface area contributed by atoms with E-state index in [1.165, 1.54) is 4.90 Å². The first-order valence-electron chi connectivity index (χ1n) is 8.22. The van der Waals surface area contributed by atoms with Crippen LogP contribution in [0.25, 0.3) is 0 Å². The minimum Gasteiger partial charge on any atom is -0.433 e. The van der Waals surface area contributed by atoms with Crippen LogP contribution in [0.2, 0.25) is 5.02 Å². The zero-order valence-electron chi connectivity index (χ0n) is 13.6. The van der Waals surface area contributed by atoms with Gasteiger partial charge in [0.2, 0.25) is 18.0 Å². The van der Waals surface area contributed by atoms with Crippen molar-refractivity contribution in [3.8, 4) is 0 Å². The molecule has 2 aromatic carbocycles. The quantitative estimate of drug-likeness (QED) is 0.842. The summed E-state index contributed by atoms with van der Waals surface area (Å²) in [5.41, 5.74) is 1.57. The van der Waals surface area contributed by atoms with Crippen LogP contribution in [-0.2, 0) is 14.3 Å². The molecule has 1 fully saturated rings. The molecule has 0 spiro atoms. The van der Waals surface area contributed by atoms with Crippen molar-refractivity contribution < 1.29 is 19.1 Å². The van der Waals surface area contributed by atoms with Crippen LogP contribution in [0.15, 0.2) is 48.5 Å². The summed E-state index contributed by atoms with van der Waals surface area (Å²) in [7, 11) is 0. The number of amides is 2. The molecule has 0 radical (unpaired) electrons. The van der Waals surface area contributed by atoms with Crippen molar-refractivity contribution in [1.82, 2.24) is 4.90 Å². The molecule has 0 aromatic heterocycles. The third-order valence-corrected chi connectivity index (χ3v) is 4.80. The van der Waals surface area contributed by atoms with E-state index in [9.17, 15) is 14.4 Å². The average Bonchev–Trinajstić information content (AvgIpc) is 3.15. The fraction of sp³-hybridized carbons (Fsp3) is 0.211. The SMILES string of the molecule is O=C1O[C@@H](N2C(=O)CC[C@@H]2C(=O)Nc2cccc(Cl)c2)c2ccccc21. The highest BCUT2D eigenvalue weighted by atomic mass is 35.5.